The van der Waals surface area contributed by atoms with Crippen molar-refractivity contribution >= 4 is 58.3 Å². The zero-order chi connectivity index (χ0) is 23.6. The molecule has 0 bridgehead atoms. The summed E-state index contributed by atoms with van der Waals surface area (Å²) in [4.78, 5) is 16.5. The molecule has 0 unspecified atom stereocenters. The van der Waals surface area contributed by atoms with E-state index in [0.29, 0.717) is 23.0 Å². The highest BCUT2D eigenvalue weighted by Gasteiger charge is 2.21. The standard InChI is InChI=1S/C12H12N2O2S2.C9H8ClNO3S/c15-18(16,14-12-13-6-7-17-12)11-5-4-9-2-1-3-10(9)8-11;10-15(13,14)8-1-2-9-7(5-8)3-4-11(9)6-12/h4-8H,1-3H2,(H,13,14);1-2,5-6H,3-4H2. The number of nitrogens with zero attached hydrogens (tertiary/aromatic N) is 2. The molecule has 12 heteroatoms. The molecule has 0 saturated carbocycles. The first kappa shape index (κ1) is 23.7. The Morgan fingerprint density at radius 3 is 2.39 bits per heavy atom. The molecule has 2 aliphatic rings. The number of halogens is 1. The number of benzene rings is 2. The Morgan fingerprint density at radius 2 is 1.70 bits per heavy atom. The van der Waals surface area contributed by atoms with Crippen LogP contribution in [0, 0.1) is 0 Å². The molecular weight excluding hydrogens is 506 g/mol. The maximum absolute atomic E-state index is 12.2. The van der Waals surface area contributed by atoms with Crippen molar-refractivity contribution in [1.29, 1.82) is 0 Å². The third kappa shape index (κ3) is 5.37. The van der Waals surface area contributed by atoms with Gasteiger partial charge in [-0.05, 0) is 72.7 Å². The van der Waals surface area contributed by atoms with Gasteiger partial charge in [-0.1, -0.05) is 6.07 Å². The minimum Gasteiger partial charge on any atom is -0.314 e. The van der Waals surface area contributed by atoms with Gasteiger partial charge in [0.05, 0.1) is 9.79 Å². The zero-order valence-electron chi connectivity index (χ0n) is 17.3. The van der Waals surface area contributed by atoms with E-state index in [1.807, 2.05) is 6.07 Å². The van der Waals surface area contributed by atoms with Crippen LogP contribution in [0.25, 0.3) is 0 Å². The van der Waals surface area contributed by atoms with Crippen LogP contribution in [0.3, 0.4) is 0 Å². The number of sulfonamides is 1. The summed E-state index contributed by atoms with van der Waals surface area (Å²) in [7, 11) is -1.97. The molecule has 33 heavy (non-hydrogen) atoms. The molecule has 0 saturated heterocycles. The lowest BCUT2D eigenvalue weighted by atomic mass is 10.1. The number of amides is 1. The molecule has 2 aromatic carbocycles. The van der Waals surface area contributed by atoms with Crippen LogP contribution in [0.2, 0.25) is 0 Å². The molecule has 5 rings (SSSR count). The van der Waals surface area contributed by atoms with Crippen LogP contribution in [0.4, 0.5) is 10.8 Å². The average molecular weight is 526 g/mol. The second-order valence-electron chi connectivity index (χ2n) is 7.50. The van der Waals surface area contributed by atoms with E-state index in [0.717, 1.165) is 42.5 Å². The molecule has 1 aliphatic carbocycles. The number of aromatic nitrogens is 1. The number of nitrogens with one attached hydrogen (secondary N) is 1. The van der Waals surface area contributed by atoms with Gasteiger partial charge < -0.3 is 4.90 Å². The largest absolute Gasteiger partial charge is 0.314 e. The van der Waals surface area contributed by atoms with Gasteiger partial charge in [0.15, 0.2) is 5.13 Å². The number of anilines is 2. The van der Waals surface area contributed by atoms with Gasteiger partial charge in [0.1, 0.15) is 0 Å². The van der Waals surface area contributed by atoms with Gasteiger partial charge in [-0.2, -0.15) is 0 Å². The smallest absolute Gasteiger partial charge is 0.263 e. The fourth-order valence-electron chi connectivity index (χ4n) is 3.83. The van der Waals surface area contributed by atoms with Gasteiger partial charge in [-0.25, -0.2) is 21.8 Å². The molecule has 2 heterocycles. The number of thiazole rings is 1. The first-order valence-electron chi connectivity index (χ1n) is 10.0. The lowest BCUT2D eigenvalue weighted by Gasteiger charge is -2.09. The Kier molecular flexibility index (Phi) is 6.76. The monoisotopic (exact) mass is 525 g/mol. The van der Waals surface area contributed by atoms with Crippen LogP contribution in [-0.4, -0.2) is 34.8 Å². The lowest BCUT2D eigenvalue weighted by Crippen LogP contribution is -2.17. The van der Waals surface area contributed by atoms with E-state index in [4.69, 9.17) is 10.7 Å². The summed E-state index contributed by atoms with van der Waals surface area (Å²) >= 11 is 1.27. The molecule has 0 spiro atoms. The number of rotatable bonds is 5. The van der Waals surface area contributed by atoms with Crippen LogP contribution >= 0.6 is 22.0 Å². The van der Waals surface area contributed by atoms with Gasteiger partial charge in [0, 0.05) is 34.5 Å². The predicted molar refractivity (Wildman–Crippen MR) is 128 cm³/mol. The topological polar surface area (TPSA) is 114 Å². The predicted octanol–water partition coefficient (Wildman–Crippen LogP) is 3.57. The second kappa shape index (κ2) is 9.41. The Labute approximate surface area is 200 Å². The van der Waals surface area contributed by atoms with E-state index in [1.165, 1.54) is 29.0 Å². The highest BCUT2D eigenvalue weighted by molar-refractivity contribution is 8.13. The van der Waals surface area contributed by atoms with Crippen LogP contribution in [0.15, 0.2) is 57.8 Å². The average Bonchev–Trinajstić information content (AvgIpc) is 3.52. The van der Waals surface area contributed by atoms with Gasteiger partial charge in [-0.3, -0.25) is 9.52 Å². The Bertz CT molecular complexity index is 1390. The summed E-state index contributed by atoms with van der Waals surface area (Å²) in [6, 6.07) is 9.88. The van der Waals surface area contributed by atoms with Crippen molar-refractivity contribution in [3.8, 4) is 0 Å². The van der Waals surface area contributed by atoms with Crippen LogP contribution < -0.4 is 9.62 Å². The molecule has 1 N–H and O–H groups in total. The number of hydrogen-bond donors (Lipinski definition) is 1. The summed E-state index contributed by atoms with van der Waals surface area (Å²) in [5.74, 6) is 0. The Morgan fingerprint density at radius 1 is 0.970 bits per heavy atom. The van der Waals surface area contributed by atoms with Gasteiger partial charge in [0.2, 0.25) is 6.41 Å². The summed E-state index contributed by atoms with van der Waals surface area (Å²) < 4.78 is 48.9. The van der Waals surface area contributed by atoms with Gasteiger partial charge in [-0.15, -0.1) is 11.3 Å². The van der Waals surface area contributed by atoms with Crippen LogP contribution in [0.1, 0.15) is 23.1 Å². The van der Waals surface area contributed by atoms with E-state index < -0.39 is 19.1 Å². The second-order valence-corrected chi connectivity index (χ2v) is 12.6. The summed E-state index contributed by atoms with van der Waals surface area (Å²) in [5.41, 5.74) is 4.01. The van der Waals surface area contributed by atoms with Crippen LogP contribution in [-0.2, 0) is 43.1 Å². The normalized spacial score (nSPS) is 14.8. The highest BCUT2D eigenvalue weighted by Crippen LogP contribution is 2.30. The molecule has 1 aliphatic heterocycles. The number of carbonyl (C=O) groups excluding carboxylic acids is 1. The van der Waals surface area contributed by atoms with E-state index >= 15 is 0 Å². The van der Waals surface area contributed by atoms with Crippen molar-refractivity contribution in [3.63, 3.8) is 0 Å². The Hall–Kier alpha value is -2.47. The molecule has 1 amide bonds. The molecule has 8 nitrogen and oxygen atoms in total. The van der Waals surface area contributed by atoms with Crippen molar-refractivity contribution in [2.45, 2.75) is 35.5 Å². The SMILES string of the molecule is O=CN1CCc2cc(S(=O)(=O)Cl)ccc21.O=S(=O)(Nc1nccs1)c1ccc2c(c1)CCC2. The zero-order valence-corrected chi connectivity index (χ0v) is 20.5. The first-order chi connectivity index (χ1) is 15.7. The quantitative estimate of drug-likeness (QED) is 0.402. The van der Waals surface area contributed by atoms with Gasteiger partial charge >= 0.3 is 0 Å². The molecule has 1 aromatic heterocycles. The van der Waals surface area contributed by atoms with Crippen molar-refractivity contribution in [3.05, 3.63) is 64.7 Å². The fourth-order valence-corrected chi connectivity index (χ4v) is 6.47. The van der Waals surface area contributed by atoms with Crippen molar-refractivity contribution < 1.29 is 21.6 Å². The molecule has 0 atom stereocenters. The summed E-state index contributed by atoms with van der Waals surface area (Å²) in [6.45, 7) is 0.588. The van der Waals surface area contributed by atoms with Crippen molar-refractivity contribution in [2.75, 3.05) is 16.2 Å². The Balaban J connectivity index is 0.000000160. The minimum atomic E-state index is -3.68. The third-order valence-electron chi connectivity index (χ3n) is 5.43. The fraction of sp³-hybridized carbons (Fsp3) is 0.238. The van der Waals surface area contributed by atoms with Crippen molar-refractivity contribution in [2.24, 2.45) is 0 Å². The van der Waals surface area contributed by atoms with E-state index in [9.17, 15) is 21.6 Å². The number of aryl methyl sites for hydroxylation is 2. The van der Waals surface area contributed by atoms with Crippen LogP contribution in [0.5, 0.6) is 0 Å². The number of hydrogen-bond acceptors (Lipinski definition) is 7. The highest BCUT2D eigenvalue weighted by atomic mass is 35.7. The molecular formula is C21H20ClN3O5S3. The molecule has 174 valence electrons. The number of carbonyl (C=O) groups is 1. The van der Waals surface area contributed by atoms with E-state index in [2.05, 4.69) is 9.71 Å². The molecule has 3 aromatic rings. The maximum atomic E-state index is 12.2. The number of fused-ring (bicyclic) bond motifs is 2. The minimum absolute atomic E-state index is 0.0793. The molecule has 0 radical (unpaired) electrons. The maximum Gasteiger partial charge on any atom is 0.263 e. The molecule has 0 fully saturated rings. The van der Waals surface area contributed by atoms with Crippen molar-refractivity contribution in [1.82, 2.24) is 4.98 Å². The van der Waals surface area contributed by atoms with E-state index in [-0.39, 0.29) is 4.90 Å². The lowest BCUT2D eigenvalue weighted by molar-refractivity contribution is -0.107. The van der Waals surface area contributed by atoms with E-state index in [1.54, 1.807) is 34.7 Å². The summed E-state index contributed by atoms with van der Waals surface area (Å²) in [6.07, 6.45) is 6.10. The summed E-state index contributed by atoms with van der Waals surface area (Å²) in [5, 5.41) is 2.14. The third-order valence-corrected chi connectivity index (χ3v) is 8.93. The van der Waals surface area contributed by atoms with Gasteiger partial charge in [0.25, 0.3) is 19.1 Å². The first-order valence-corrected chi connectivity index (χ1v) is 14.7.